The number of rotatable bonds is 6. The van der Waals surface area contributed by atoms with Gasteiger partial charge in [-0.1, -0.05) is 37.3 Å². The van der Waals surface area contributed by atoms with Crippen molar-refractivity contribution in [2.24, 2.45) is 0 Å². The number of aromatic nitrogens is 2. The molecular weight excluding hydrogens is 334 g/mol. The Bertz CT molecular complexity index is 925. The first-order chi connectivity index (χ1) is 13.0. The maximum absolute atomic E-state index is 12.7. The van der Waals surface area contributed by atoms with Crippen LogP contribution in [-0.4, -0.2) is 15.5 Å². The van der Waals surface area contributed by atoms with Crippen LogP contribution >= 0.6 is 0 Å². The molecule has 4 nitrogen and oxygen atoms in total. The van der Waals surface area contributed by atoms with E-state index in [-0.39, 0.29) is 11.9 Å². The lowest BCUT2D eigenvalue weighted by Crippen LogP contribution is -2.28. The van der Waals surface area contributed by atoms with E-state index >= 15 is 0 Å². The Balaban J connectivity index is 1.69. The number of hydrogen-bond donors (Lipinski definition) is 1. The van der Waals surface area contributed by atoms with Crippen LogP contribution in [0, 0.1) is 20.8 Å². The zero-order valence-corrected chi connectivity index (χ0v) is 16.5. The second kappa shape index (κ2) is 8.21. The number of nitrogens with zero attached hydrogens (tertiary/aromatic N) is 2. The molecule has 0 unspecified atom stereocenters. The highest BCUT2D eigenvalue weighted by atomic mass is 16.1. The lowest BCUT2D eigenvalue weighted by atomic mass is 9.99. The molecule has 3 rings (SSSR count). The topological polar surface area (TPSA) is 46.9 Å². The molecule has 2 aromatic carbocycles. The minimum atomic E-state index is -0.0366. The third kappa shape index (κ3) is 4.45. The van der Waals surface area contributed by atoms with Gasteiger partial charge < -0.3 is 9.88 Å². The van der Waals surface area contributed by atoms with Crippen molar-refractivity contribution in [3.8, 4) is 0 Å². The third-order valence-electron chi connectivity index (χ3n) is 5.14. The van der Waals surface area contributed by atoms with Crippen LogP contribution in [0.5, 0.6) is 0 Å². The van der Waals surface area contributed by atoms with E-state index in [1.54, 1.807) is 6.20 Å². The average molecular weight is 361 g/mol. The Morgan fingerprint density at radius 3 is 2.41 bits per heavy atom. The van der Waals surface area contributed by atoms with Gasteiger partial charge in [0.05, 0.1) is 6.04 Å². The standard InChI is InChI=1S/C23H27N3O/c1-5-22(21-9-6-16(2)17(3)14-21)25-23(27)20-10-7-19(8-11-20)15-26-13-12-24-18(26)4/h6-14,22H,5,15H2,1-4H3,(H,25,27)/t22-/m0/s1. The maximum Gasteiger partial charge on any atom is 0.251 e. The van der Waals surface area contributed by atoms with Crippen LogP contribution in [0.2, 0.25) is 0 Å². The molecule has 4 heteroatoms. The van der Waals surface area contributed by atoms with Crippen molar-refractivity contribution >= 4 is 5.91 Å². The fraction of sp³-hybridized carbons (Fsp3) is 0.304. The molecule has 140 valence electrons. The minimum Gasteiger partial charge on any atom is -0.345 e. The molecule has 0 bridgehead atoms. The number of hydrogen-bond acceptors (Lipinski definition) is 2. The molecule has 3 aromatic rings. The lowest BCUT2D eigenvalue weighted by molar-refractivity contribution is 0.0935. The summed E-state index contributed by atoms with van der Waals surface area (Å²) in [4.78, 5) is 16.9. The van der Waals surface area contributed by atoms with Crippen LogP contribution in [0.1, 0.15) is 57.8 Å². The lowest BCUT2D eigenvalue weighted by Gasteiger charge is -2.19. The Kier molecular flexibility index (Phi) is 5.75. The number of aryl methyl sites for hydroxylation is 3. The molecule has 0 saturated heterocycles. The quantitative estimate of drug-likeness (QED) is 0.689. The molecule has 1 heterocycles. The largest absolute Gasteiger partial charge is 0.345 e. The highest BCUT2D eigenvalue weighted by molar-refractivity contribution is 5.94. The van der Waals surface area contributed by atoms with Gasteiger partial charge in [-0.2, -0.15) is 0 Å². The molecule has 1 N–H and O–H groups in total. The van der Waals surface area contributed by atoms with Gasteiger partial charge in [-0.15, -0.1) is 0 Å². The van der Waals surface area contributed by atoms with Crippen molar-refractivity contribution in [1.82, 2.24) is 14.9 Å². The number of benzene rings is 2. The summed E-state index contributed by atoms with van der Waals surface area (Å²) < 4.78 is 2.09. The first kappa shape index (κ1) is 18.9. The molecule has 0 spiro atoms. The molecule has 0 aliphatic heterocycles. The van der Waals surface area contributed by atoms with Gasteiger partial charge in [0.2, 0.25) is 0 Å². The third-order valence-corrected chi connectivity index (χ3v) is 5.14. The Morgan fingerprint density at radius 2 is 1.81 bits per heavy atom. The summed E-state index contributed by atoms with van der Waals surface area (Å²) in [6.45, 7) is 9.05. The van der Waals surface area contributed by atoms with Gasteiger partial charge in [-0.25, -0.2) is 4.98 Å². The van der Waals surface area contributed by atoms with E-state index in [1.807, 2.05) is 37.4 Å². The van der Waals surface area contributed by atoms with Crippen LogP contribution in [0.4, 0.5) is 0 Å². The van der Waals surface area contributed by atoms with Gasteiger partial charge in [0, 0.05) is 24.5 Å². The zero-order chi connectivity index (χ0) is 19.4. The van der Waals surface area contributed by atoms with Crippen LogP contribution in [0.25, 0.3) is 0 Å². The predicted molar refractivity (Wildman–Crippen MR) is 109 cm³/mol. The van der Waals surface area contributed by atoms with Gasteiger partial charge in [-0.3, -0.25) is 4.79 Å². The number of imidazole rings is 1. The van der Waals surface area contributed by atoms with Gasteiger partial charge in [-0.05, 0) is 61.6 Å². The Morgan fingerprint density at radius 1 is 1.07 bits per heavy atom. The Hall–Kier alpha value is -2.88. The summed E-state index contributed by atoms with van der Waals surface area (Å²) >= 11 is 0. The molecule has 1 amide bonds. The molecular formula is C23H27N3O. The molecule has 0 fully saturated rings. The summed E-state index contributed by atoms with van der Waals surface area (Å²) in [5, 5.41) is 3.17. The molecule has 0 saturated carbocycles. The molecule has 0 radical (unpaired) electrons. The van der Waals surface area contributed by atoms with Crippen molar-refractivity contribution in [1.29, 1.82) is 0 Å². The molecule has 0 aliphatic rings. The molecule has 27 heavy (non-hydrogen) atoms. The molecule has 1 aromatic heterocycles. The number of amides is 1. The summed E-state index contributed by atoms with van der Waals surface area (Å²) in [7, 11) is 0. The van der Waals surface area contributed by atoms with Gasteiger partial charge in [0.15, 0.2) is 0 Å². The first-order valence-electron chi connectivity index (χ1n) is 9.42. The number of nitrogens with one attached hydrogen (secondary N) is 1. The van der Waals surface area contributed by atoms with E-state index in [4.69, 9.17) is 0 Å². The van der Waals surface area contributed by atoms with E-state index in [9.17, 15) is 4.79 Å². The van der Waals surface area contributed by atoms with Gasteiger partial charge >= 0.3 is 0 Å². The highest BCUT2D eigenvalue weighted by Crippen LogP contribution is 2.20. The van der Waals surface area contributed by atoms with Crippen LogP contribution in [0.15, 0.2) is 54.9 Å². The van der Waals surface area contributed by atoms with Crippen LogP contribution in [-0.2, 0) is 6.54 Å². The first-order valence-corrected chi connectivity index (χ1v) is 9.42. The summed E-state index contributed by atoms with van der Waals surface area (Å²) in [6, 6.07) is 14.2. The summed E-state index contributed by atoms with van der Waals surface area (Å²) in [5.41, 5.74) is 5.50. The fourth-order valence-electron chi connectivity index (χ4n) is 3.17. The van der Waals surface area contributed by atoms with Crippen LogP contribution in [0.3, 0.4) is 0 Å². The summed E-state index contributed by atoms with van der Waals surface area (Å²) in [6.07, 6.45) is 4.62. The van der Waals surface area contributed by atoms with E-state index in [0.717, 1.165) is 29.9 Å². The van der Waals surface area contributed by atoms with Crippen molar-refractivity contribution in [2.75, 3.05) is 0 Å². The minimum absolute atomic E-state index is 0.0186. The summed E-state index contributed by atoms with van der Waals surface area (Å²) in [5.74, 6) is 0.946. The van der Waals surface area contributed by atoms with E-state index < -0.39 is 0 Å². The zero-order valence-electron chi connectivity index (χ0n) is 16.5. The Labute approximate surface area is 161 Å². The second-order valence-corrected chi connectivity index (χ2v) is 7.08. The predicted octanol–water partition coefficient (Wildman–Crippen LogP) is 4.74. The normalized spacial score (nSPS) is 12.0. The van der Waals surface area contributed by atoms with Crippen LogP contribution < -0.4 is 5.32 Å². The van der Waals surface area contributed by atoms with E-state index in [1.165, 1.54) is 11.1 Å². The van der Waals surface area contributed by atoms with Crippen molar-refractivity contribution < 1.29 is 4.79 Å². The maximum atomic E-state index is 12.7. The van der Waals surface area contributed by atoms with Crippen molar-refractivity contribution in [2.45, 2.75) is 46.7 Å². The second-order valence-electron chi connectivity index (χ2n) is 7.08. The smallest absolute Gasteiger partial charge is 0.251 e. The monoisotopic (exact) mass is 361 g/mol. The number of carbonyl (C=O) groups is 1. The van der Waals surface area contributed by atoms with E-state index in [0.29, 0.717) is 5.56 Å². The van der Waals surface area contributed by atoms with E-state index in [2.05, 4.69) is 53.8 Å². The van der Waals surface area contributed by atoms with Gasteiger partial charge in [0.1, 0.15) is 5.82 Å². The average Bonchev–Trinajstić information content (AvgIpc) is 3.07. The van der Waals surface area contributed by atoms with Crippen molar-refractivity contribution in [3.63, 3.8) is 0 Å². The molecule has 0 aliphatic carbocycles. The van der Waals surface area contributed by atoms with Gasteiger partial charge in [0.25, 0.3) is 5.91 Å². The molecule has 1 atom stereocenters. The van der Waals surface area contributed by atoms with Crippen molar-refractivity contribution in [3.05, 3.63) is 88.5 Å². The SMILES string of the molecule is CC[C@H](NC(=O)c1ccc(Cn2ccnc2C)cc1)c1ccc(C)c(C)c1. The fourth-order valence-corrected chi connectivity index (χ4v) is 3.17. The highest BCUT2D eigenvalue weighted by Gasteiger charge is 2.14. The number of carbonyl (C=O) groups excluding carboxylic acids is 1.